The molecule has 3 N–H and O–H groups in total. The number of fused-ring (bicyclic) bond motifs is 1. The number of nitrogens with zero attached hydrogens (tertiary/aromatic N) is 1. The number of hydrogen-bond acceptors (Lipinski definition) is 3. The highest BCUT2D eigenvalue weighted by Gasteiger charge is 2.26. The molecular formula is C15H18N4O2. The summed E-state index contributed by atoms with van der Waals surface area (Å²) < 4.78 is 0. The third kappa shape index (κ3) is 3.04. The van der Waals surface area contributed by atoms with Crippen LogP contribution < -0.4 is 10.9 Å². The van der Waals surface area contributed by atoms with E-state index in [9.17, 15) is 9.59 Å². The van der Waals surface area contributed by atoms with E-state index < -0.39 is 0 Å². The molecule has 2 heterocycles. The minimum atomic E-state index is -0.156. The van der Waals surface area contributed by atoms with E-state index in [1.807, 2.05) is 6.92 Å². The number of amides is 1. The first-order chi connectivity index (χ1) is 10.1. The average molecular weight is 286 g/mol. The normalized spacial score (nSPS) is 17.3. The van der Waals surface area contributed by atoms with Gasteiger partial charge < -0.3 is 15.3 Å². The van der Waals surface area contributed by atoms with Gasteiger partial charge in [-0.2, -0.15) is 0 Å². The summed E-state index contributed by atoms with van der Waals surface area (Å²) in [6.07, 6.45) is 3.95. The Labute approximate surface area is 122 Å². The Bertz CT molecular complexity index is 716. The second kappa shape index (κ2) is 5.55. The second-order valence-corrected chi connectivity index (χ2v) is 5.47. The molecule has 0 spiro atoms. The number of imidazole rings is 1. The maximum atomic E-state index is 12.2. The van der Waals surface area contributed by atoms with E-state index in [1.54, 1.807) is 12.3 Å². The molecule has 6 heteroatoms. The first-order valence-corrected chi connectivity index (χ1v) is 7.11. The molecule has 1 aliphatic rings. The Balaban J connectivity index is 1.60. The van der Waals surface area contributed by atoms with Crippen molar-refractivity contribution < 1.29 is 4.79 Å². The number of aromatic nitrogens is 3. The monoisotopic (exact) mass is 286 g/mol. The summed E-state index contributed by atoms with van der Waals surface area (Å²) in [6.45, 7) is 2.31. The number of aromatic amines is 2. The van der Waals surface area contributed by atoms with Crippen LogP contribution in [0.4, 0.5) is 0 Å². The SMILES string of the molecule is Cc1nc2c([nH]1)C[C@H](C(=O)NCc1cc[nH]c(=O)c1)CC2. The zero-order valence-electron chi connectivity index (χ0n) is 11.9. The van der Waals surface area contributed by atoms with Gasteiger partial charge in [-0.3, -0.25) is 9.59 Å². The highest BCUT2D eigenvalue weighted by atomic mass is 16.2. The van der Waals surface area contributed by atoms with E-state index in [0.717, 1.165) is 35.6 Å². The van der Waals surface area contributed by atoms with Crippen LogP contribution in [0.2, 0.25) is 0 Å². The molecule has 0 saturated heterocycles. The van der Waals surface area contributed by atoms with Crippen LogP contribution in [-0.2, 0) is 24.2 Å². The quantitative estimate of drug-likeness (QED) is 0.780. The minimum Gasteiger partial charge on any atom is -0.352 e. The molecule has 6 nitrogen and oxygen atoms in total. The van der Waals surface area contributed by atoms with Crippen LogP contribution in [-0.4, -0.2) is 20.9 Å². The van der Waals surface area contributed by atoms with Gasteiger partial charge in [-0.05, 0) is 31.4 Å². The molecule has 2 aromatic heterocycles. The van der Waals surface area contributed by atoms with E-state index in [4.69, 9.17) is 0 Å². The fourth-order valence-electron chi connectivity index (χ4n) is 2.78. The number of aryl methyl sites for hydroxylation is 2. The van der Waals surface area contributed by atoms with Gasteiger partial charge in [0.25, 0.3) is 0 Å². The van der Waals surface area contributed by atoms with Crippen molar-refractivity contribution in [2.75, 3.05) is 0 Å². The van der Waals surface area contributed by atoms with Crippen molar-refractivity contribution in [1.29, 1.82) is 0 Å². The molecule has 0 aliphatic heterocycles. The summed E-state index contributed by atoms with van der Waals surface area (Å²) in [7, 11) is 0. The fraction of sp³-hybridized carbons (Fsp3) is 0.400. The van der Waals surface area contributed by atoms with E-state index >= 15 is 0 Å². The van der Waals surface area contributed by atoms with Crippen LogP contribution in [0.15, 0.2) is 23.1 Å². The second-order valence-electron chi connectivity index (χ2n) is 5.47. The molecule has 21 heavy (non-hydrogen) atoms. The predicted molar refractivity (Wildman–Crippen MR) is 77.7 cm³/mol. The third-order valence-electron chi connectivity index (χ3n) is 3.84. The molecule has 1 amide bonds. The Kier molecular flexibility index (Phi) is 3.60. The summed E-state index contributed by atoms with van der Waals surface area (Å²) in [5.41, 5.74) is 2.82. The van der Waals surface area contributed by atoms with Crippen LogP contribution >= 0.6 is 0 Å². The minimum absolute atomic E-state index is 0.0284. The molecular weight excluding hydrogens is 268 g/mol. The smallest absolute Gasteiger partial charge is 0.248 e. The zero-order valence-corrected chi connectivity index (χ0v) is 11.9. The molecule has 0 radical (unpaired) electrons. The summed E-state index contributed by atoms with van der Waals surface area (Å²) >= 11 is 0. The summed E-state index contributed by atoms with van der Waals surface area (Å²) in [4.78, 5) is 33.6. The highest BCUT2D eigenvalue weighted by molar-refractivity contribution is 5.79. The van der Waals surface area contributed by atoms with Gasteiger partial charge in [0.1, 0.15) is 5.82 Å². The largest absolute Gasteiger partial charge is 0.352 e. The molecule has 0 fully saturated rings. The lowest BCUT2D eigenvalue weighted by Crippen LogP contribution is -2.34. The van der Waals surface area contributed by atoms with Crippen LogP contribution in [0.25, 0.3) is 0 Å². The van der Waals surface area contributed by atoms with Gasteiger partial charge in [0.05, 0.1) is 5.69 Å². The molecule has 0 saturated carbocycles. The molecule has 1 atom stereocenters. The molecule has 2 aromatic rings. The van der Waals surface area contributed by atoms with Gasteiger partial charge in [0, 0.05) is 36.8 Å². The molecule has 0 bridgehead atoms. The van der Waals surface area contributed by atoms with Gasteiger partial charge in [-0.1, -0.05) is 0 Å². The molecule has 110 valence electrons. The average Bonchev–Trinajstić information content (AvgIpc) is 2.84. The van der Waals surface area contributed by atoms with Crippen molar-refractivity contribution in [3.8, 4) is 0 Å². The molecule has 0 aromatic carbocycles. The van der Waals surface area contributed by atoms with Crippen LogP contribution in [0.3, 0.4) is 0 Å². The van der Waals surface area contributed by atoms with Crippen molar-refractivity contribution >= 4 is 5.91 Å². The topological polar surface area (TPSA) is 90.6 Å². The number of H-pyrrole nitrogens is 2. The van der Waals surface area contributed by atoms with E-state index in [1.165, 1.54) is 6.07 Å². The predicted octanol–water partition coefficient (Wildman–Crippen LogP) is 0.828. The summed E-state index contributed by atoms with van der Waals surface area (Å²) in [5, 5.41) is 2.91. The fourth-order valence-corrected chi connectivity index (χ4v) is 2.78. The number of pyridine rings is 1. The lowest BCUT2D eigenvalue weighted by atomic mass is 9.89. The number of rotatable bonds is 3. The lowest BCUT2D eigenvalue weighted by Gasteiger charge is -2.20. The summed E-state index contributed by atoms with van der Waals surface area (Å²) in [5.74, 6) is 0.914. The third-order valence-corrected chi connectivity index (χ3v) is 3.84. The Morgan fingerprint density at radius 1 is 1.52 bits per heavy atom. The lowest BCUT2D eigenvalue weighted by molar-refractivity contribution is -0.125. The molecule has 1 aliphatic carbocycles. The Morgan fingerprint density at radius 2 is 2.38 bits per heavy atom. The Hall–Kier alpha value is -2.37. The van der Waals surface area contributed by atoms with E-state index in [-0.39, 0.29) is 17.4 Å². The van der Waals surface area contributed by atoms with Crippen LogP contribution in [0.5, 0.6) is 0 Å². The van der Waals surface area contributed by atoms with Crippen molar-refractivity contribution in [2.45, 2.75) is 32.7 Å². The zero-order chi connectivity index (χ0) is 14.8. The number of carbonyl (C=O) groups excluding carboxylic acids is 1. The van der Waals surface area contributed by atoms with Gasteiger partial charge in [0.15, 0.2) is 0 Å². The molecule has 0 unspecified atom stereocenters. The summed E-state index contributed by atoms with van der Waals surface area (Å²) in [6, 6.07) is 3.29. The van der Waals surface area contributed by atoms with Gasteiger partial charge in [-0.25, -0.2) is 4.98 Å². The first kappa shape index (κ1) is 13.6. The number of hydrogen-bond donors (Lipinski definition) is 3. The number of nitrogens with one attached hydrogen (secondary N) is 3. The first-order valence-electron chi connectivity index (χ1n) is 7.11. The van der Waals surface area contributed by atoms with Gasteiger partial charge in [0.2, 0.25) is 11.5 Å². The van der Waals surface area contributed by atoms with E-state index in [2.05, 4.69) is 20.3 Å². The standard InChI is InChI=1S/C15H18N4O2/c1-9-18-12-3-2-11(7-13(12)19-9)15(21)17-8-10-4-5-16-14(20)6-10/h4-6,11H,2-3,7-8H2,1H3,(H,16,20)(H,17,21)(H,18,19)/t11-/m1/s1. The van der Waals surface area contributed by atoms with Crippen LogP contribution in [0.1, 0.15) is 29.2 Å². The maximum absolute atomic E-state index is 12.2. The highest BCUT2D eigenvalue weighted by Crippen LogP contribution is 2.23. The van der Waals surface area contributed by atoms with E-state index in [0.29, 0.717) is 13.0 Å². The van der Waals surface area contributed by atoms with Gasteiger partial charge >= 0.3 is 0 Å². The molecule has 3 rings (SSSR count). The van der Waals surface area contributed by atoms with Gasteiger partial charge in [-0.15, -0.1) is 0 Å². The maximum Gasteiger partial charge on any atom is 0.248 e. The number of carbonyl (C=O) groups is 1. The Morgan fingerprint density at radius 3 is 3.19 bits per heavy atom. The van der Waals surface area contributed by atoms with Crippen molar-refractivity contribution in [3.05, 3.63) is 51.5 Å². The van der Waals surface area contributed by atoms with Crippen LogP contribution in [0, 0.1) is 12.8 Å². The van der Waals surface area contributed by atoms with Crippen molar-refractivity contribution in [2.24, 2.45) is 5.92 Å². The van der Waals surface area contributed by atoms with Crippen molar-refractivity contribution in [1.82, 2.24) is 20.3 Å². The van der Waals surface area contributed by atoms with Crippen molar-refractivity contribution in [3.63, 3.8) is 0 Å².